The van der Waals surface area contributed by atoms with E-state index in [2.05, 4.69) is 25.3 Å². The first-order chi connectivity index (χ1) is 13.9. The van der Waals surface area contributed by atoms with E-state index in [0.29, 0.717) is 17.9 Å². The van der Waals surface area contributed by atoms with E-state index in [1.54, 1.807) is 10.7 Å². The minimum atomic E-state index is -0.212. The lowest BCUT2D eigenvalue weighted by atomic mass is 9.92. The van der Waals surface area contributed by atoms with Crippen LogP contribution in [0.15, 0.2) is 24.3 Å². The van der Waals surface area contributed by atoms with Crippen LogP contribution in [0.25, 0.3) is 11.0 Å². The highest BCUT2D eigenvalue weighted by atomic mass is 19.1. The summed E-state index contributed by atoms with van der Waals surface area (Å²) in [7, 11) is 3.83. The molecular formula is C21H27FN6O. The van der Waals surface area contributed by atoms with E-state index in [0.717, 1.165) is 29.0 Å². The summed E-state index contributed by atoms with van der Waals surface area (Å²) in [5.41, 5.74) is 2.33. The summed E-state index contributed by atoms with van der Waals surface area (Å²) in [6.45, 7) is 4.47. The van der Waals surface area contributed by atoms with Crippen LogP contribution in [0.5, 0.6) is 0 Å². The van der Waals surface area contributed by atoms with Crippen LogP contribution in [0.2, 0.25) is 0 Å². The number of hydrogen-bond donors (Lipinski definition) is 2. The third kappa shape index (κ3) is 3.47. The summed E-state index contributed by atoms with van der Waals surface area (Å²) >= 11 is 0. The van der Waals surface area contributed by atoms with Crippen LogP contribution >= 0.6 is 0 Å². The SMILES string of the molecule is Cc1nc(NC[C@H]2C[C@@H](CO)N(C)[C@H]2c2ccccc2F)c2c(C)nn(C)c2n1. The van der Waals surface area contributed by atoms with Gasteiger partial charge in [-0.05, 0) is 39.3 Å². The van der Waals surface area contributed by atoms with Crippen molar-refractivity contribution in [1.82, 2.24) is 24.6 Å². The van der Waals surface area contributed by atoms with Crippen LogP contribution in [0.4, 0.5) is 10.2 Å². The minimum absolute atomic E-state index is 0.00121. The summed E-state index contributed by atoms with van der Waals surface area (Å²) in [6, 6.07) is 6.78. The predicted octanol–water partition coefficient (Wildman–Crippen LogP) is 2.59. The lowest BCUT2D eigenvalue weighted by Crippen LogP contribution is -2.31. The van der Waals surface area contributed by atoms with Crippen LogP contribution in [0, 0.1) is 25.6 Å². The molecule has 1 saturated heterocycles. The predicted molar refractivity (Wildman–Crippen MR) is 110 cm³/mol. The molecule has 0 bridgehead atoms. The second-order valence-electron chi connectivity index (χ2n) is 7.87. The molecule has 8 heteroatoms. The largest absolute Gasteiger partial charge is 0.395 e. The highest BCUT2D eigenvalue weighted by Crippen LogP contribution is 2.41. The maximum absolute atomic E-state index is 14.6. The number of aliphatic hydroxyl groups excluding tert-OH is 1. The summed E-state index contributed by atoms with van der Waals surface area (Å²) in [6.07, 6.45) is 0.776. The molecule has 3 heterocycles. The summed E-state index contributed by atoms with van der Waals surface area (Å²) in [5, 5.41) is 18.7. The van der Waals surface area contributed by atoms with Gasteiger partial charge >= 0.3 is 0 Å². The van der Waals surface area contributed by atoms with Gasteiger partial charge in [-0.15, -0.1) is 0 Å². The van der Waals surface area contributed by atoms with Gasteiger partial charge < -0.3 is 10.4 Å². The first kappa shape index (κ1) is 19.7. The van der Waals surface area contributed by atoms with E-state index in [4.69, 9.17) is 0 Å². The molecule has 0 spiro atoms. The number of nitrogens with zero attached hydrogens (tertiary/aromatic N) is 5. The molecule has 7 nitrogen and oxygen atoms in total. The van der Waals surface area contributed by atoms with Crippen LogP contribution < -0.4 is 5.32 Å². The van der Waals surface area contributed by atoms with Crippen molar-refractivity contribution in [2.45, 2.75) is 32.4 Å². The number of aliphatic hydroxyl groups is 1. The van der Waals surface area contributed by atoms with E-state index < -0.39 is 0 Å². The Hall–Kier alpha value is -2.58. The van der Waals surface area contributed by atoms with Gasteiger partial charge in [-0.3, -0.25) is 9.58 Å². The molecule has 0 unspecified atom stereocenters. The van der Waals surface area contributed by atoms with Gasteiger partial charge in [0.05, 0.1) is 17.7 Å². The lowest BCUT2D eigenvalue weighted by Gasteiger charge is -2.28. The molecule has 0 saturated carbocycles. The van der Waals surface area contributed by atoms with Crippen molar-refractivity contribution >= 4 is 16.9 Å². The maximum atomic E-state index is 14.6. The van der Waals surface area contributed by atoms with Crippen molar-refractivity contribution in [1.29, 1.82) is 0 Å². The van der Waals surface area contributed by atoms with Crippen LogP contribution in [-0.4, -0.2) is 56.0 Å². The fraction of sp³-hybridized carbons (Fsp3) is 0.476. The van der Waals surface area contributed by atoms with Gasteiger partial charge in [0, 0.05) is 31.2 Å². The first-order valence-corrected chi connectivity index (χ1v) is 9.89. The van der Waals surface area contributed by atoms with E-state index >= 15 is 0 Å². The summed E-state index contributed by atoms with van der Waals surface area (Å²) < 4.78 is 16.3. The quantitative estimate of drug-likeness (QED) is 0.688. The molecule has 0 aliphatic carbocycles. The Kier molecular flexibility index (Phi) is 5.23. The molecule has 2 aromatic heterocycles. The van der Waals surface area contributed by atoms with Gasteiger partial charge in [0.25, 0.3) is 0 Å². The topological polar surface area (TPSA) is 79.1 Å². The molecular weight excluding hydrogens is 371 g/mol. The Labute approximate surface area is 169 Å². The van der Waals surface area contributed by atoms with Crippen LogP contribution in [0.3, 0.4) is 0 Å². The Bertz CT molecular complexity index is 1040. The fourth-order valence-electron chi connectivity index (χ4n) is 4.59. The zero-order valence-corrected chi connectivity index (χ0v) is 17.2. The molecule has 154 valence electrons. The number of aryl methyl sites for hydroxylation is 3. The van der Waals surface area contributed by atoms with Gasteiger partial charge in [-0.2, -0.15) is 5.10 Å². The number of benzene rings is 1. The standard InChI is InChI=1S/C21H27FN6O/c1-12-18-20(24-13(2)25-21(18)28(4)26-12)23-10-14-9-15(11-29)27(3)19(14)16-7-5-6-8-17(16)22/h5-8,14-15,19,29H,9-11H2,1-4H3,(H,23,24,25)/t14-,15+,19-/m1/s1. The van der Waals surface area contributed by atoms with E-state index in [9.17, 15) is 9.50 Å². The van der Waals surface area contributed by atoms with Crippen LogP contribution in [-0.2, 0) is 7.05 Å². The summed E-state index contributed by atoms with van der Waals surface area (Å²) in [5.74, 6) is 1.33. The molecule has 1 aliphatic heterocycles. The zero-order chi connectivity index (χ0) is 20.7. The fourth-order valence-corrected chi connectivity index (χ4v) is 4.59. The second-order valence-corrected chi connectivity index (χ2v) is 7.87. The molecule has 1 aromatic carbocycles. The third-order valence-electron chi connectivity index (χ3n) is 5.97. The van der Waals surface area contributed by atoms with Crippen molar-refractivity contribution in [2.24, 2.45) is 13.0 Å². The monoisotopic (exact) mass is 398 g/mol. The second kappa shape index (κ2) is 7.68. The minimum Gasteiger partial charge on any atom is -0.395 e. The van der Waals surface area contributed by atoms with Crippen LogP contribution in [0.1, 0.15) is 29.5 Å². The maximum Gasteiger partial charge on any atom is 0.163 e. The molecule has 3 aromatic rings. The number of hydrogen-bond acceptors (Lipinski definition) is 6. The smallest absolute Gasteiger partial charge is 0.163 e. The van der Waals surface area contributed by atoms with Crippen molar-refractivity contribution < 1.29 is 9.50 Å². The number of rotatable bonds is 5. The Morgan fingerprint density at radius 1 is 1.21 bits per heavy atom. The number of nitrogens with one attached hydrogen (secondary N) is 1. The van der Waals surface area contributed by atoms with Crippen molar-refractivity contribution in [3.05, 3.63) is 47.2 Å². The molecule has 0 amide bonds. The molecule has 1 aliphatic rings. The molecule has 4 rings (SSSR count). The normalized spacial score (nSPS) is 22.5. The van der Waals surface area contributed by atoms with Gasteiger partial charge in [-0.25, -0.2) is 14.4 Å². The first-order valence-electron chi connectivity index (χ1n) is 9.89. The average molecular weight is 398 g/mol. The highest BCUT2D eigenvalue weighted by molar-refractivity contribution is 5.89. The van der Waals surface area contributed by atoms with Gasteiger partial charge in [0.2, 0.25) is 0 Å². The number of fused-ring (bicyclic) bond motifs is 1. The molecule has 2 N–H and O–H groups in total. The van der Waals surface area contributed by atoms with Gasteiger partial charge in [-0.1, -0.05) is 18.2 Å². The summed E-state index contributed by atoms with van der Waals surface area (Å²) in [4.78, 5) is 11.2. The van der Waals surface area contributed by atoms with Gasteiger partial charge in [0.15, 0.2) is 5.65 Å². The number of likely N-dealkylation sites (N-methyl/N-ethyl adjacent to an activating group) is 1. The molecule has 1 fully saturated rings. The van der Waals surface area contributed by atoms with E-state index in [1.807, 2.05) is 40.1 Å². The zero-order valence-electron chi connectivity index (χ0n) is 17.2. The molecule has 0 radical (unpaired) electrons. The number of anilines is 1. The van der Waals surface area contributed by atoms with Crippen molar-refractivity contribution in [3.8, 4) is 0 Å². The number of aromatic nitrogens is 4. The van der Waals surface area contributed by atoms with Gasteiger partial charge in [0.1, 0.15) is 17.5 Å². The Morgan fingerprint density at radius 3 is 2.69 bits per heavy atom. The van der Waals surface area contributed by atoms with Crippen molar-refractivity contribution in [2.75, 3.05) is 25.5 Å². The third-order valence-corrected chi connectivity index (χ3v) is 5.97. The highest BCUT2D eigenvalue weighted by Gasteiger charge is 2.40. The Morgan fingerprint density at radius 2 is 1.97 bits per heavy atom. The van der Waals surface area contributed by atoms with Crippen molar-refractivity contribution in [3.63, 3.8) is 0 Å². The lowest BCUT2D eigenvalue weighted by molar-refractivity contribution is 0.152. The molecule has 3 atom stereocenters. The van der Waals surface area contributed by atoms with E-state index in [-0.39, 0.29) is 30.4 Å². The molecule has 29 heavy (non-hydrogen) atoms. The number of likely N-dealkylation sites (tertiary alicyclic amines) is 1. The Balaban J connectivity index is 1.65. The van der Waals surface area contributed by atoms with E-state index in [1.165, 1.54) is 6.07 Å². The number of halogens is 1. The average Bonchev–Trinajstić information content (AvgIpc) is 3.16.